The van der Waals surface area contributed by atoms with E-state index in [4.69, 9.17) is 4.84 Å². The highest BCUT2D eigenvalue weighted by molar-refractivity contribution is 6.53. The van der Waals surface area contributed by atoms with Crippen molar-refractivity contribution in [3.8, 4) is 0 Å². The molecular formula is C13H19NOSi. The van der Waals surface area contributed by atoms with Gasteiger partial charge in [-0.05, 0) is 38.3 Å². The topological polar surface area (TPSA) is 21.6 Å². The van der Waals surface area contributed by atoms with Gasteiger partial charge in [0.2, 0.25) is 0 Å². The number of nitrogens with zero attached hydrogens (tertiary/aromatic N) is 1. The summed E-state index contributed by atoms with van der Waals surface area (Å²) >= 11 is 0. The maximum atomic E-state index is 5.29. The molecule has 86 valence electrons. The van der Waals surface area contributed by atoms with Crippen LogP contribution in [0.15, 0.2) is 23.4 Å². The van der Waals surface area contributed by atoms with Crippen molar-refractivity contribution in [2.24, 2.45) is 5.16 Å². The number of hydrogen-bond donors (Lipinski definition) is 0. The van der Waals surface area contributed by atoms with Crippen LogP contribution in [-0.2, 0) is 4.84 Å². The van der Waals surface area contributed by atoms with Crippen LogP contribution in [0.1, 0.15) is 31.4 Å². The Bertz CT molecular complexity index is 374. The quantitative estimate of drug-likeness (QED) is 0.331. The zero-order chi connectivity index (χ0) is 12.0. The summed E-state index contributed by atoms with van der Waals surface area (Å²) in [5.74, 6) is 0. The maximum absolute atomic E-state index is 5.29. The predicted octanol–water partition coefficient (Wildman–Crippen LogP) is 2.39. The highest BCUT2D eigenvalue weighted by Gasteiger charge is 2.01. The van der Waals surface area contributed by atoms with Crippen LogP contribution in [0.4, 0.5) is 0 Å². The minimum atomic E-state index is 0.671. The van der Waals surface area contributed by atoms with Crippen molar-refractivity contribution in [1.29, 1.82) is 0 Å². The molecule has 16 heavy (non-hydrogen) atoms. The first-order valence-electron chi connectivity index (χ1n) is 5.60. The van der Waals surface area contributed by atoms with Crippen molar-refractivity contribution in [1.82, 2.24) is 0 Å². The molecule has 0 amide bonds. The molecule has 0 bridgehead atoms. The number of oxime groups is 1. The molecule has 0 aliphatic rings. The van der Waals surface area contributed by atoms with E-state index in [0.717, 1.165) is 12.1 Å². The van der Waals surface area contributed by atoms with E-state index in [1.54, 1.807) is 0 Å². The lowest BCUT2D eigenvalue weighted by Crippen LogP contribution is -2.22. The van der Waals surface area contributed by atoms with Crippen LogP contribution in [0.3, 0.4) is 0 Å². The molecular weight excluding hydrogens is 214 g/mol. The van der Waals surface area contributed by atoms with Gasteiger partial charge >= 0.3 is 0 Å². The second-order valence-electron chi connectivity index (χ2n) is 3.88. The molecule has 0 saturated heterocycles. The van der Waals surface area contributed by atoms with Gasteiger partial charge < -0.3 is 4.84 Å². The third kappa shape index (κ3) is 3.81. The second kappa shape index (κ2) is 6.48. The largest absolute Gasteiger partial charge is 0.400 e. The monoisotopic (exact) mass is 233 g/mol. The second-order valence-corrected chi connectivity index (χ2v) is 5.06. The minimum Gasteiger partial charge on any atom is -0.400 e. The summed E-state index contributed by atoms with van der Waals surface area (Å²) in [6, 6.07) is 6.41. The standard InChI is InChI=1S/C13H19NOSi/c1-5-11(3)14-15-9-16-13-8-6-7-10(2)12(13)4/h6-8H,5,9H2,1-4H3. The van der Waals surface area contributed by atoms with Crippen LogP contribution >= 0.6 is 0 Å². The van der Waals surface area contributed by atoms with Gasteiger partial charge in [0.15, 0.2) is 0 Å². The summed E-state index contributed by atoms with van der Waals surface area (Å²) in [6.07, 6.45) is 1.63. The Morgan fingerprint density at radius 2 is 2.12 bits per heavy atom. The van der Waals surface area contributed by atoms with Gasteiger partial charge in [-0.2, -0.15) is 0 Å². The number of rotatable bonds is 5. The van der Waals surface area contributed by atoms with E-state index in [-0.39, 0.29) is 0 Å². The SMILES string of the molecule is CCC(C)=NOC[Si]c1cccc(C)c1C. The fraction of sp³-hybridized carbons (Fsp3) is 0.462. The highest BCUT2D eigenvalue weighted by Crippen LogP contribution is 2.01. The first-order chi connectivity index (χ1) is 7.65. The van der Waals surface area contributed by atoms with Gasteiger partial charge in [0, 0.05) is 0 Å². The fourth-order valence-electron chi connectivity index (χ4n) is 1.26. The Balaban J connectivity index is 2.46. The van der Waals surface area contributed by atoms with Gasteiger partial charge in [-0.25, -0.2) is 0 Å². The molecule has 0 atom stereocenters. The minimum absolute atomic E-state index is 0.671. The van der Waals surface area contributed by atoms with E-state index in [2.05, 4.69) is 44.1 Å². The number of hydrogen-bond acceptors (Lipinski definition) is 2. The Hall–Kier alpha value is -1.09. The smallest absolute Gasteiger partial charge is 0.135 e. The van der Waals surface area contributed by atoms with E-state index >= 15 is 0 Å². The average molecular weight is 233 g/mol. The van der Waals surface area contributed by atoms with Crippen LogP contribution in [0.25, 0.3) is 0 Å². The zero-order valence-corrected chi connectivity index (χ0v) is 11.5. The van der Waals surface area contributed by atoms with Gasteiger partial charge in [-0.3, -0.25) is 0 Å². The molecule has 1 aromatic carbocycles. The summed E-state index contributed by atoms with van der Waals surface area (Å²) in [7, 11) is 0.671. The van der Waals surface area contributed by atoms with Crippen molar-refractivity contribution in [2.75, 3.05) is 6.23 Å². The predicted molar refractivity (Wildman–Crippen MR) is 70.7 cm³/mol. The first-order valence-corrected chi connectivity index (χ1v) is 6.81. The summed E-state index contributed by atoms with van der Waals surface area (Å²) in [5, 5.41) is 5.41. The van der Waals surface area contributed by atoms with Gasteiger partial charge in [-0.15, -0.1) is 0 Å². The average Bonchev–Trinajstić information content (AvgIpc) is 2.29. The van der Waals surface area contributed by atoms with Crippen LogP contribution in [0.2, 0.25) is 0 Å². The van der Waals surface area contributed by atoms with Gasteiger partial charge in [0.05, 0.1) is 5.71 Å². The van der Waals surface area contributed by atoms with Crippen LogP contribution in [-0.4, -0.2) is 21.5 Å². The molecule has 0 saturated carbocycles. The van der Waals surface area contributed by atoms with Gasteiger partial charge in [0.1, 0.15) is 15.7 Å². The third-order valence-corrected chi connectivity index (χ3v) is 3.86. The molecule has 0 unspecified atom stereocenters. The van der Waals surface area contributed by atoms with Crippen molar-refractivity contribution in [2.45, 2.75) is 34.1 Å². The molecule has 1 rings (SSSR count). The molecule has 2 radical (unpaired) electrons. The summed E-state index contributed by atoms with van der Waals surface area (Å²) in [5.41, 5.74) is 3.77. The maximum Gasteiger partial charge on any atom is 0.135 e. The highest BCUT2D eigenvalue weighted by atomic mass is 28.2. The van der Waals surface area contributed by atoms with Gasteiger partial charge in [-0.1, -0.05) is 35.5 Å². The van der Waals surface area contributed by atoms with Crippen LogP contribution < -0.4 is 5.19 Å². The van der Waals surface area contributed by atoms with E-state index in [0.29, 0.717) is 15.7 Å². The van der Waals surface area contributed by atoms with Crippen LogP contribution in [0.5, 0.6) is 0 Å². The van der Waals surface area contributed by atoms with E-state index < -0.39 is 0 Å². The van der Waals surface area contributed by atoms with Crippen molar-refractivity contribution >= 4 is 20.4 Å². The third-order valence-electron chi connectivity index (χ3n) is 2.66. The summed E-state index contributed by atoms with van der Waals surface area (Å²) in [4.78, 5) is 5.29. The van der Waals surface area contributed by atoms with E-state index in [1.807, 2.05) is 6.92 Å². The van der Waals surface area contributed by atoms with E-state index in [1.165, 1.54) is 16.3 Å². The first kappa shape index (κ1) is 13.0. The summed E-state index contributed by atoms with van der Waals surface area (Å²) < 4.78 is 0. The molecule has 0 aliphatic carbocycles. The molecule has 0 aromatic heterocycles. The van der Waals surface area contributed by atoms with Crippen molar-refractivity contribution in [3.63, 3.8) is 0 Å². The van der Waals surface area contributed by atoms with Crippen molar-refractivity contribution in [3.05, 3.63) is 29.3 Å². The van der Waals surface area contributed by atoms with Crippen molar-refractivity contribution < 1.29 is 4.84 Å². The lowest BCUT2D eigenvalue weighted by atomic mass is 10.1. The Morgan fingerprint density at radius 3 is 2.81 bits per heavy atom. The normalized spacial score (nSPS) is 11.6. The lowest BCUT2D eigenvalue weighted by Gasteiger charge is -2.06. The molecule has 0 aliphatic heterocycles. The molecule has 2 nitrogen and oxygen atoms in total. The molecule has 3 heteroatoms. The summed E-state index contributed by atoms with van der Waals surface area (Å²) in [6.45, 7) is 8.37. The molecule has 0 heterocycles. The molecule has 1 aromatic rings. The molecule has 0 spiro atoms. The van der Waals surface area contributed by atoms with Gasteiger partial charge in [0.25, 0.3) is 0 Å². The molecule has 0 N–H and O–H groups in total. The molecule has 0 fully saturated rings. The number of benzene rings is 1. The Morgan fingerprint density at radius 1 is 1.38 bits per heavy atom. The zero-order valence-electron chi connectivity index (χ0n) is 10.5. The van der Waals surface area contributed by atoms with Crippen LogP contribution in [0, 0.1) is 13.8 Å². The number of aryl methyl sites for hydroxylation is 1. The fourth-order valence-corrected chi connectivity index (χ4v) is 2.22. The Labute approximate surface area is 101 Å². The Kier molecular flexibility index (Phi) is 5.26. The van der Waals surface area contributed by atoms with E-state index in [9.17, 15) is 0 Å². The lowest BCUT2D eigenvalue weighted by molar-refractivity contribution is 0.190.